The van der Waals surface area contributed by atoms with Crippen LogP contribution in [0.1, 0.15) is 0 Å². The van der Waals surface area contributed by atoms with Gasteiger partial charge in [0.05, 0.1) is 0 Å². The molecule has 1 aliphatic rings. The minimum absolute atomic E-state index is 0.262. The molecule has 6 heavy (non-hydrogen) atoms. The summed E-state index contributed by atoms with van der Waals surface area (Å²) in [5.74, 6) is 0. The number of hydrazone groups is 1. The molecule has 0 aromatic rings. The van der Waals surface area contributed by atoms with Crippen molar-refractivity contribution < 1.29 is 0 Å². The molecule has 1 unspecified atom stereocenters. The van der Waals surface area contributed by atoms with E-state index >= 15 is 0 Å². The third-order valence-corrected chi connectivity index (χ3v) is 1.04. The molecule has 1 atom stereocenters. The maximum Gasteiger partial charge on any atom is 0.107 e. The molecule has 33 valence electrons. The first-order valence-electron chi connectivity index (χ1n) is 1.66. The van der Waals surface area contributed by atoms with Crippen LogP contribution in [-0.4, -0.2) is 11.2 Å². The highest BCUT2D eigenvalue weighted by Crippen LogP contribution is 2.00. The van der Waals surface area contributed by atoms with Crippen LogP contribution in [0, 0.1) is 6.42 Å². The molecule has 1 aliphatic heterocycles. The number of hydrogen-bond acceptors (Lipinski definition) is 2. The molecular formula is C3H4BrN2. The van der Waals surface area contributed by atoms with Crippen molar-refractivity contribution in [2.24, 2.45) is 5.10 Å². The highest BCUT2D eigenvalue weighted by molar-refractivity contribution is 9.09. The first-order chi connectivity index (χ1) is 2.89. The van der Waals surface area contributed by atoms with E-state index in [1.807, 2.05) is 6.42 Å². The molecule has 2 nitrogen and oxygen atoms in total. The molecule has 0 aromatic heterocycles. The van der Waals surface area contributed by atoms with Crippen LogP contribution in [0.15, 0.2) is 5.10 Å². The Labute approximate surface area is 44.7 Å². The largest absolute Gasteiger partial charge is 0.296 e. The van der Waals surface area contributed by atoms with Crippen molar-refractivity contribution in [3.63, 3.8) is 0 Å². The van der Waals surface area contributed by atoms with E-state index in [1.165, 1.54) is 0 Å². The standard InChI is InChI=1S/C3H4BrN2/c4-3-1-2-5-6-3/h1-3,6H. The second kappa shape index (κ2) is 1.60. The summed E-state index contributed by atoms with van der Waals surface area (Å²) in [5.41, 5.74) is 2.75. The fourth-order valence-corrected chi connectivity index (χ4v) is 0.531. The van der Waals surface area contributed by atoms with Gasteiger partial charge in [-0.05, 0) is 0 Å². The third kappa shape index (κ3) is 0.712. The summed E-state index contributed by atoms with van der Waals surface area (Å²) in [6.07, 6.45) is 3.64. The Bertz CT molecular complexity index is 63.2. The van der Waals surface area contributed by atoms with E-state index in [2.05, 4.69) is 26.5 Å². The number of halogens is 1. The smallest absolute Gasteiger partial charge is 0.107 e. The Hall–Kier alpha value is -0.0500. The van der Waals surface area contributed by atoms with E-state index in [-0.39, 0.29) is 4.95 Å². The van der Waals surface area contributed by atoms with Crippen LogP contribution in [0.4, 0.5) is 0 Å². The molecule has 1 N–H and O–H groups in total. The summed E-state index contributed by atoms with van der Waals surface area (Å²) >= 11 is 3.25. The summed E-state index contributed by atoms with van der Waals surface area (Å²) in [7, 11) is 0. The van der Waals surface area contributed by atoms with Crippen molar-refractivity contribution >= 4 is 22.1 Å². The lowest BCUT2D eigenvalue weighted by Crippen LogP contribution is -2.09. The Balaban J connectivity index is 2.32. The van der Waals surface area contributed by atoms with Crippen molar-refractivity contribution in [1.29, 1.82) is 0 Å². The minimum atomic E-state index is 0.262. The van der Waals surface area contributed by atoms with Gasteiger partial charge >= 0.3 is 0 Å². The van der Waals surface area contributed by atoms with Gasteiger partial charge in [-0.1, -0.05) is 15.9 Å². The first-order valence-corrected chi connectivity index (χ1v) is 2.57. The molecule has 1 heterocycles. The van der Waals surface area contributed by atoms with Gasteiger partial charge in [-0.2, -0.15) is 5.10 Å². The predicted molar refractivity (Wildman–Crippen MR) is 28.6 cm³/mol. The van der Waals surface area contributed by atoms with Crippen molar-refractivity contribution in [2.45, 2.75) is 4.95 Å². The monoisotopic (exact) mass is 147 g/mol. The van der Waals surface area contributed by atoms with Crippen LogP contribution in [-0.2, 0) is 0 Å². The fourth-order valence-electron chi connectivity index (χ4n) is 0.276. The lowest BCUT2D eigenvalue weighted by atomic mass is 10.5. The molecule has 0 saturated carbocycles. The summed E-state index contributed by atoms with van der Waals surface area (Å²) in [6, 6.07) is 0. The van der Waals surface area contributed by atoms with Gasteiger partial charge in [0.25, 0.3) is 0 Å². The summed E-state index contributed by atoms with van der Waals surface area (Å²) in [4.78, 5) is 0.262. The average Bonchev–Trinajstić information content (AvgIpc) is 1.86. The van der Waals surface area contributed by atoms with Crippen molar-refractivity contribution in [3.05, 3.63) is 6.42 Å². The number of rotatable bonds is 0. The average molecular weight is 148 g/mol. The number of nitrogens with one attached hydrogen (secondary N) is 1. The molecule has 0 aliphatic carbocycles. The predicted octanol–water partition coefficient (Wildman–Crippen LogP) is 0.501. The second-order valence-electron chi connectivity index (χ2n) is 1.00. The Morgan fingerprint density at radius 2 is 2.67 bits per heavy atom. The molecule has 0 bridgehead atoms. The van der Waals surface area contributed by atoms with Crippen LogP contribution in [0.3, 0.4) is 0 Å². The maximum atomic E-state index is 3.69. The molecule has 0 saturated heterocycles. The van der Waals surface area contributed by atoms with E-state index in [1.54, 1.807) is 6.21 Å². The summed E-state index contributed by atoms with van der Waals surface area (Å²) in [5, 5.41) is 3.69. The Morgan fingerprint density at radius 1 is 1.83 bits per heavy atom. The normalized spacial score (nSPS) is 30.5. The van der Waals surface area contributed by atoms with Gasteiger partial charge in [0.15, 0.2) is 0 Å². The summed E-state index contributed by atoms with van der Waals surface area (Å²) in [6.45, 7) is 0. The number of alkyl halides is 1. The van der Waals surface area contributed by atoms with Gasteiger partial charge in [0.1, 0.15) is 4.95 Å². The summed E-state index contributed by atoms with van der Waals surface area (Å²) < 4.78 is 0. The lowest BCUT2D eigenvalue weighted by Gasteiger charge is -1.92. The molecule has 0 spiro atoms. The van der Waals surface area contributed by atoms with Crippen LogP contribution in [0.25, 0.3) is 0 Å². The quantitative estimate of drug-likeness (QED) is 0.392. The van der Waals surface area contributed by atoms with Gasteiger partial charge in [0, 0.05) is 12.6 Å². The van der Waals surface area contributed by atoms with Crippen LogP contribution >= 0.6 is 15.9 Å². The molecule has 0 amide bonds. The SMILES string of the molecule is BrC1[CH]C=NN1. The zero-order chi connectivity index (χ0) is 4.41. The molecule has 1 radical (unpaired) electrons. The number of hydrogen-bond donors (Lipinski definition) is 1. The number of nitrogens with zero attached hydrogens (tertiary/aromatic N) is 1. The molecule has 0 aromatic carbocycles. The second-order valence-corrected chi connectivity index (χ2v) is 1.99. The van der Waals surface area contributed by atoms with Gasteiger partial charge < -0.3 is 0 Å². The van der Waals surface area contributed by atoms with Gasteiger partial charge in [-0.3, -0.25) is 5.43 Å². The van der Waals surface area contributed by atoms with Crippen LogP contribution in [0.2, 0.25) is 0 Å². The Morgan fingerprint density at radius 3 is 2.83 bits per heavy atom. The fraction of sp³-hybridized carbons (Fsp3) is 0.333. The Kier molecular flexibility index (Phi) is 1.10. The maximum absolute atomic E-state index is 3.69. The minimum Gasteiger partial charge on any atom is -0.296 e. The highest BCUT2D eigenvalue weighted by Gasteiger charge is 2.02. The molecule has 3 heteroatoms. The van der Waals surface area contributed by atoms with E-state index < -0.39 is 0 Å². The van der Waals surface area contributed by atoms with Gasteiger partial charge in [-0.15, -0.1) is 0 Å². The highest BCUT2D eigenvalue weighted by atomic mass is 79.9. The van der Waals surface area contributed by atoms with Crippen LogP contribution in [0.5, 0.6) is 0 Å². The zero-order valence-electron chi connectivity index (χ0n) is 3.06. The lowest BCUT2D eigenvalue weighted by molar-refractivity contribution is 0.820. The van der Waals surface area contributed by atoms with E-state index in [4.69, 9.17) is 0 Å². The zero-order valence-corrected chi connectivity index (χ0v) is 4.64. The van der Waals surface area contributed by atoms with E-state index in [0.717, 1.165) is 0 Å². The van der Waals surface area contributed by atoms with Gasteiger partial charge in [0.2, 0.25) is 0 Å². The van der Waals surface area contributed by atoms with Crippen molar-refractivity contribution in [3.8, 4) is 0 Å². The third-order valence-electron chi connectivity index (χ3n) is 0.527. The van der Waals surface area contributed by atoms with Crippen molar-refractivity contribution in [1.82, 2.24) is 5.43 Å². The van der Waals surface area contributed by atoms with Crippen LogP contribution < -0.4 is 5.43 Å². The van der Waals surface area contributed by atoms with Gasteiger partial charge in [-0.25, -0.2) is 0 Å². The topological polar surface area (TPSA) is 24.4 Å². The van der Waals surface area contributed by atoms with Crippen molar-refractivity contribution in [2.75, 3.05) is 0 Å². The molecular weight excluding hydrogens is 144 g/mol. The molecule has 1 rings (SSSR count). The molecule has 0 fully saturated rings. The first kappa shape index (κ1) is 4.12. The van der Waals surface area contributed by atoms with E-state index in [0.29, 0.717) is 0 Å². The van der Waals surface area contributed by atoms with E-state index in [9.17, 15) is 0 Å².